The molecule has 10 heteroatoms. The molecule has 0 bridgehead atoms. The van der Waals surface area contributed by atoms with Crippen molar-refractivity contribution < 1.29 is 26.4 Å². The van der Waals surface area contributed by atoms with Gasteiger partial charge in [0.1, 0.15) is 0 Å². The SMILES string of the molecule is CS(=O)(=O)c1ccc(N2CCCCC2)c(C(=O)N2CCN(c3ccc(C(F)(F)F)cc3)CC2)c1. The van der Waals surface area contributed by atoms with E-state index in [1.165, 1.54) is 18.2 Å². The van der Waals surface area contributed by atoms with Gasteiger partial charge in [0.05, 0.1) is 16.0 Å². The van der Waals surface area contributed by atoms with Crippen LogP contribution >= 0.6 is 0 Å². The van der Waals surface area contributed by atoms with Crippen LogP contribution in [-0.2, 0) is 16.0 Å². The zero-order chi connectivity index (χ0) is 24.5. The highest BCUT2D eigenvalue weighted by Gasteiger charge is 2.31. The van der Waals surface area contributed by atoms with Gasteiger partial charge in [0, 0.05) is 56.9 Å². The summed E-state index contributed by atoms with van der Waals surface area (Å²) in [6, 6.07) is 9.79. The van der Waals surface area contributed by atoms with Crippen molar-refractivity contribution in [3.05, 3.63) is 53.6 Å². The van der Waals surface area contributed by atoms with E-state index in [-0.39, 0.29) is 10.8 Å². The number of hydrogen-bond acceptors (Lipinski definition) is 5. The van der Waals surface area contributed by atoms with Gasteiger partial charge in [-0.3, -0.25) is 4.79 Å². The summed E-state index contributed by atoms with van der Waals surface area (Å²) in [5.74, 6) is -0.224. The minimum atomic E-state index is -4.38. The fraction of sp³-hybridized carbons (Fsp3) is 0.458. The number of halogens is 3. The standard InChI is InChI=1S/C24H28F3N3O3S/c1-34(32,33)20-9-10-22(29-11-3-2-4-12-29)21(17-20)23(31)30-15-13-28(14-16-30)19-7-5-18(6-8-19)24(25,26)27/h5-10,17H,2-4,11-16H2,1H3. The molecule has 0 atom stereocenters. The second kappa shape index (κ2) is 9.48. The van der Waals surface area contributed by atoms with Crippen LogP contribution in [0.25, 0.3) is 0 Å². The minimum Gasteiger partial charge on any atom is -0.371 e. The molecule has 2 fully saturated rings. The lowest BCUT2D eigenvalue weighted by Crippen LogP contribution is -2.49. The van der Waals surface area contributed by atoms with Crippen molar-refractivity contribution in [3.8, 4) is 0 Å². The van der Waals surface area contributed by atoms with Crippen molar-refractivity contribution in [3.63, 3.8) is 0 Å². The number of nitrogens with zero attached hydrogens (tertiary/aromatic N) is 3. The van der Waals surface area contributed by atoms with Gasteiger partial charge in [-0.15, -0.1) is 0 Å². The smallest absolute Gasteiger partial charge is 0.371 e. The van der Waals surface area contributed by atoms with Crippen molar-refractivity contribution in [2.75, 3.05) is 55.3 Å². The van der Waals surface area contributed by atoms with Crippen molar-refractivity contribution in [1.82, 2.24) is 4.90 Å². The predicted octanol–water partition coefficient (Wildman–Crippen LogP) is 4.06. The molecule has 4 rings (SSSR count). The quantitative estimate of drug-likeness (QED) is 0.640. The van der Waals surface area contributed by atoms with E-state index in [1.54, 1.807) is 17.0 Å². The average Bonchev–Trinajstić information content (AvgIpc) is 2.83. The molecular formula is C24H28F3N3O3S. The van der Waals surface area contributed by atoms with Crippen LogP contribution in [0.2, 0.25) is 0 Å². The first-order chi connectivity index (χ1) is 16.0. The van der Waals surface area contributed by atoms with Crippen molar-refractivity contribution in [1.29, 1.82) is 0 Å². The largest absolute Gasteiger partial charge is 0.416 e. The zero-order valence-electron chi connectivity index (χ0n) is 19.0. The molecule has 2 heterocycles. The maximum Gasteiger partial charge on any atom is 0.416 e. The summed E-state index contributed by atoms with van der Waals surface area (Å²) < 4.78 is 62.8. The van der Waals surface area contributed by atoms with Gasteiger partial charge in [0.2, 0.25) is 0 Å². The highest BCUT2D eigenvalue weighted by atomic mass is 32.2. The van der Waals surface area contributed by atoms with E-state index in [0.717, 1.165) is 56.4 Å². The van der Waals surface area contributed by atoms with Gasteiger partial charge in [0.15, 0.2) is 9.84 Å². The van der Waals surface area contributed by atoms with E-state index in [2.05, 4.69) is 4.90 Å². The molecule has 34 heavy (non-hydrogen) atoms. The lowest BCUT2D eigenvalue weighted by atomic mass is 10.1. The predicted molar refractivity (Wildman–Crippen MR) is 125 cm³/mol. The van der Waals surface area contributed by atoms with Gasteiger partial charge in [-0.2, -0.15) is 13.2 Å². The summed E-state index contributed by atoms with van der Waals surface area (Å²) >= 11 is 0. The molecule has 0 unspecified atom stereocenters. The van der Waals surface area contributed by atoms with Gasteiger partial charge >= 0.3 is 6.18 Å². The molecule has 1 amide bonds. The first kappa shape index (κ1) is 24.4. The van der Waals surface area contributed by atoms with E-state index in [1.807, 2.05) is 4.90 Å². The molecule has 2 aromatic carbocycles. The third-order valence-corrected chi connectivity index (χ3v) is 7.56. The van der Waals surface area contributed by atoms with E-state index >= 15 is 0 Å². The lowest BCUT2D eigenvalue weighted by molar-refractivity contribution is -0.137. The topological polar surface area (TPSA) is 60.9 Å². The Bertz CT molecular complexity index is 1140. The van der Waals surface area contributed by atoms with Crippen LogP contribution in [-0.4, -0.2) is 64.7 Å². The molecule has 184 valence electrons. The maximum atomic E-state index is 13.5. The fourth-order valence-corrected chi connectivity index (χ4v) is 5.17. The van der Waals surface area contributed by atoms with E-state index < -0.39 is 21.6 Å². The van der Waals surface area contributed by atoms with Gasteiger partial charge in [-0.05, 0) is 61.7 Å². The number of anilines is 2. The third kappa shape index (κ3) is 5.32. The van der Waals surface area contributed by atoms with Crippen LogP contribution in [0.5, 0.6) is 0 Å². The fourth-order valence-electron chi connectivity index (χ4n) is 4.53. The molecular weight excluding hydrogens is 467 g/mol. The number of carbonyl (C=O) groups is 1. The summed E-state index contributed by atoms with van der Waals surface area (Å²) in [7, 11) is -3.47. The summed E-state index contributed by atoms with van der Waals surface area (Å²) in [5.41, 5.74) is 1.12. The number of piperidine rings is 1. The number of carbonyl (C=O) groups excluding carboxylic acids is 1. The Balaban J connectivity index is 1.52. The Hall–Kier alpha value is -2.75. The van der Waals surface area contributed by atoms with Crippen molar-refractivity contribution >= 4 is 27.1 Å². The van der Waals surface area contributed by atoms with E-state index in [4.69, 9.17) is 0 Å². The summed E-state index contributed by atoms with van der Waals surface area (Å²) in [4.78, 5) is 19.4. The van der Waals surface area contributed by atoms with Gasteiger partial charge in [-0.1, -0.05) is 0 Å². The van der Waals surface area contributed by atoms with E-state index in [0.29, 0.717) is 37.4 Å². The number of alkyl halides is 3. The highest BCUT2D eigenvalue weighted by molar-refractivity contribution is 7.90. The molecule has 2 saturated heterocycles. The number of sulfone groups is 1. The van der Waals surface area contributed by atoms with Crippen LogP contribution < -0.4 is 9.80 Å². The van der Waals surface area contributed by atoms with Crippen molar-refractivity contribution in [2.45, 2.75) is 30.3 Å². The van der Waals surface area contributed by atoms with Crippen LogP contribution in [0.15, 0.2) is 47.4 Å². The minimum absolute atomic E-state index is 0.111. The van der Waals surface area contributed by atoms with Crippen LogP contribution in [0.1, 0.15) is 35.2 Å². The van der Waals surface area contributed by atoms with E-state index in [9.17, 15) is 26.4 Å². The molecule has 6 nitrogen and oxygen atoms in total. The van der Waals surface area contributed by atoms with Gasteiger partial charge < -0.3 is 14.7 Å². The molecule has 0 radical (unpaired) electrons. The lowest BCUT2D eigenvalue weighted by Gasteiger charge is -2.37. The maximum absolute atomic E-state index is 13.5. The normalized spacial score (nSPS) is 17.7. The van der Waals surface area contributed by atoms with Crippen molar-refractivity contribution in [2.24, 2.45) is 0 Å². The summed E-state index contributed by atoms with van der Waals surface area (Å²) in [6.07, 6.45) is -0.0795. The molecule has 0 saturated carbocycles. The number of hydrogen-bond donors (Lipinski definition) is 0. The molecule has 0 aliphatic carbocycles. The average molecular weight is 496 g/mol. The first-order valence-electron chi connectivity index (χ1n) is 11.3. The Morgan fingerprint density at radius 3 is 2.00 bits per heavy atom. The molecule has 0 aromatic heterocycles. The molecule has 2 aliphatic rings. The van der Waals surface area contributed by atoms with Crippen LogP contribution in [0.4, 0.5) is 24.5 Å². The molecule has 2 aromatic rings. The molecule has 0 N–H and O–H groups in total. The Labute approximate surface area is 197 Å². The molecule has 2 aliphatic heterocycles. The van der Waals surface area contributed by atoms with Gasteiger partial charge in [0.25, 0.3) is 5.91 Å². The number of piperazine rings is 1. The second-order valence-corrected chi connectivity index (χ2v) is 10.8. The van der Waals surface area contributed by atoms with Crippen LogP contribution in [0, 0.1) is 0 Å². The highest BCUT2D eigenvalue weighted by Crippen LogP contribution is 2.31. The Morgan fingerprint density at radius 2 is 1.44 bits per heavy atom. The first-order valence-corrected chi connectivity index (χ1v) is 13.2. The second-order valence-electron chi connectivity index (χ2n) is 8.82. The number of amides is 1. The number of rotatable bonds is 4. The zero-order valence-corrected chi connectivity index (χ0v) is 19.8. The molecule has 0 spiro atoms. The van der Waals surface area contributed by atoms with Crippen LogP contribution in [0.3, 0.4) is 0 Å². The Kier molecular flexibility index (Phi) is 6.80. The monoisotopic (exact) mass is 495 g/mol. The van der Waals surface area contributed by atoms with Gasteiger partial charge in [-0.25, -0.2) is 8.42 Å². The summed E-state index contributed by atoms with van der Waals surface area (Å²) in [6.45, 7) is 3.37. The Morgan fingerprint density at radius 1 is 0.824 bits per heavy atom. The number of benzene rings is 2. The summed E-state index contributed by atoms with van der Waals surface area (Å²) in [5, 5.41) is 0. The third-order valence-electron chi connectivity index (χ3n) is 6.45.